The summed E-state index contributed by atoms with van der Waals surface area (Å²) in [5, 5.41) is 19.3. The number of benzene rings is 1. The van der Waals surface area contributed by atoms with Crippen molar-refractivity contribution in [1.82, 2.24) is 16.0 Å². The molecule has 0 saturated heterocycles. The van der Waals surface area contributed by atoms with Crippen LogP contribution in [0.3, 0.4) is 0 Å². The number of nitrogens with one attached hydrogen (secondary N) is 3. The van der Waals surface area contributed by atoms with Crippen LogP contribution in [-0.4, -0.2) is 48.9 Å². The largest absolute Gasteiger partial charge is 0.374 e. The minimum Gasteiger partial charge on any atom is -0.374 e. The summed E-state index contributed by atoms with van der Waals surface area (Å²) in [6.07, 6.45) is 9.82. The number of nitrogens with two attached hydrogens (primary N) is 1. The number of aliphatic hydroxyl groups excluding tert-OH is 1. The van der Waals surface area contributed by atoms with Gasteiger partial charge in [-0.2, -0.15) is 0 Å². The van der Waals surface area contributed by atoms with Crippen LogP contribution in [-0.2, 0) is 9.59 Å². The molecule has 0 fully saturated rings. The second kappa shape index (κ2) is 20.0. The van der Waals surface area contributed by atoms with Crippen molar-refractivity contribution in [1.29, 1.82) is 0 Å². The Morgan fingerprint density at radius 3 is 1.97 bits per heavy atom. The van der Waals surface area contributed by atoms with Crippen molar-refractivity contribution in [2.75, 3.05) is 26.2 Å². The zero-order chi connectivity index (χ0) is 25.7. The van der Waals surface area contributed by atoms with Gasteiger partial charge in [-0.3, -0.25) is 14.9 Å². The molecule has 0 aliphatic rings. The van der Waals surface area contributed by atoms with Gasteiger partial charge in [0.2, 0.25) is 5.91 Å². The number of Topliss-reactive ketones (excluding diaryl/α,β-unsaturated/α-hetero) is 1. The molecule has 0 aliphatic carbocycles. The molecule has 8 nitrogen and oxygen atoms in total. The van der Waals surface area contributed by atoms with E-state index < -0.39 is 6.23 Å². The number of unbranched alkanes of at least 4 members (excludes halogenated alkanes) is 7. The predicted molar refractivity (Wildman–Crippen MR) is 140 cm³/mol. The van der Waals surface area contributed by atoms with Crippen molar-refractivity contribution in [3.63, 3.8) is 0 Å². The first-order valence-electron chi connectivity index (χ1n) is 13.2. The van der Waals surface area contributed by atoms with Crippen LogP contribution in [0.25, 0.3) is 0 Å². The van der Waals surface area contributed by atoms with E-state index in [9.17, 15) is 19.5 Å². The second-order valence-electron chi connectivity index (χ2n) is 9.11. The number of rotatable bonds is 21. The van der Waals surface area contributed by atoms with Crippen LogP contribution in [0.2, 0.25) is 0 Å². The van der Waals surface area contributed by atoms with E-state index >= 15 is 0 Å². The molecule has 0 saturated carbocycles. The van der Waals surface area contributed by atoms with E-state index in [1.165, 1.54) is 0 Å². The molecule has 1 rings (SSSR count). The molecular weight excluding hydrogens is 444 g/mol. The number of ketones is 1. The van der Waals surface area contributed by atoms with Gasteiger partial charge in [0.25, 0.3) is 5.91 Å². The Morgan fingerprint density at radius 1 is 0.771 bits per heavy atom. The Labute approximate surface area is 210 Å². The fourth-order valence-corrected chi connectivity index (χ4v) is 3.68. The molecule has 1 aromatic carbocycles. The van der Waals surface area contributed by atoms with Crippen LogP contribution >= 0.6 is 0 Å². The molecule has 0 radical (unpaired) electrons. The fourth-order valence-electron chi connectivity index (χ4n) is 3.68. The van der Waals surface area contributed by atoms with Gasteiger partial charge in [0.05, 0.1) is 0 Å². The van der Waals surface area contributed by atoms with Gasteiger partial charge in [-0.15, -0.1) is 0 Å². The molecule has 0 aromatic heterocycles. The van der Waals surface area contributed by atoms with Gasteiger partial charge in [0, 0.05) is 31.5 Å². The maximum absolute atomic E-state index is 12.2. The third kappa shape index (κ3) is 16.1. The lowest BCUT2D eigenvalue weighted by Gasteiger charge is -2.14. The van der Waals surface area contributed by atoms with E-state index in [2.05, 4.69) is 16.0 Å². The average Bonchev–Trinajstić information content (AvgIpc) is 2.85. The van der Waals surface area contributed by atoms with Crippen molar-refractivity contribution in [3.05, 3.63) is 35.4 Å². The number of amides is 2. The summed E-state index contributed by atoms with van der Waals surface area (Å²) < 4.78 is 0. The summed E-state index contributed by atoms with van der Waals surface area (Å²) in [5.74, 6) is 0.132. The minimum atomic E-state index is -0.767. The molecule has 0 spiro atoms. The SMILES string of the molecule is CC(=O)CCCCC(=O)NCCCCCCNC(O)c1ccc(C(=O)NCCCCCCN)cc1. The highest BCUT2D eigenvalue weighted by atomic mass is 16.3. The zero-order valence-electron chi connectivity index (χ0n) is 21.4. The third-order valence-electron chi connectivity index (χ3n) is 5.85. The van der Waals surface area contributed by atoms with Crippen LogP contribution in [0.15, 0.2) is 24.3 Å². The van der Waals surface area contributed by atoms with Crippen LogP contribution < -0.4 is 21.7 Å². The summed E-state index contributed by atoms with van der Waals surface area (Å²) in [5.41, 5.74) is 6.80. The minimum absolute atomic E-state index is 0.0557. The van der Waals surface area contributed by atoms with Crippen molar-refractivity contribution in [2.45, 2.75) is 90.2 Å². The normalized spacial score (nSPS) is 11.7. The van der Waals surface area contributed by atoms with E-state index in [4.69, 9.17) is 5.73 Å². The summed E-state index contributed by atoms with van der Waals surface area (Å²) in [4.78, 5) is 34.8. The standard InChI is InChI=1S/C27H46N4O4/c1-22(32)12-6-7-13-25(33)29-19-9-4-5-11-21-31-27(35)24-16-14-23(15-17-24)26(34)30-20-10-3-2-8-18-28/h14-17,27,31,35H,2-13,18-21,28H2,1H3,(H,29,33)(H,30,34). The summed E-state index contributed by atoms with van der Waals surface area (Å²) in [7, 11) is 0. The Morgan fingerprint density at radius 2 is 1.34 bits per heavy atom. The zero-order valence-corrected chi connectivity index (χ0v) is 21.4. The van der Waals surface area contributed by atoms with E-state index in [1.54, 1.807) is 31.2 Å². The number of hydrogen-bond acceptors (Lipinski definition) is 6. The van der Waals surface area contributed by atoms with Gasteiger partial charge >= 0.3 is 0 Å². The highest BCUT2D eigenvalue weighted by Crippen LogP contribution is 2.12. The average molecular weight is 491 g/mol. The molecule has 8 heteroatoms. The van der Waals surface area contributed by atoms with Crippen LogP contribution in [0.4, 0.5) is 0 Å². The van der Waals surface area contributed by atoms with Gasteiger partial charge in [0.1, 0.15) is 12.0 Å². The van der Waals surface area contributed by atoms with Crippen LogP contribution in [0.1, 0.15) is 106 Å². The van der Waals surface area contributed by atoms with Crippen LogP contribution in [0.5, 0.6) is 0 Å². The van der Waals surface area contributed by atoms with Gasteiger partial charge in [0.15, 0.2) is 0 Å². The summed E-state index contributed by atoms with van der Waals surface area (Å²) in [6, 6.07) is 7.02. The van der Waals surface area contributed by atoms with E-state index in [1.807, 2.05) is 0 Å². The fraction of sp³-hybridized carbons (Fsp3) is 0.667. The molecule has 1 aromatic rings. The van der Waals surface area contributed by atoms with Crippen molar-refractivity contribution < 1.29 is 19.5 Å². The first-order chi connectivity index (χ1) is 16.9. The van der Waals surface area contributed by atoms with Gasteiger partial charge in [-0.1, -0.05) is 37.8 Å². The van der Waals surface area contributed by atoms with Crippen LogP contribution in [0, 0.1) is 0 Å². The smallest absolute Gasteiger partial charge is 0.251 e. The molecule has 2 amide bonds. The molecule has 35 heavy (non-hydrogen) atoms. The Balaban J connectivity index is 2.08. The molecule has 198 valence electrons. The van der Waals surface area contributed by atoms with Gasteiger partial charge in [-0.05, 0) is 76.2 Å². The molecule has 1 unspecified atom stereocenters. The highest BCUT2D eigenvalue weighted by Gasteiger charge is 2.09. The van der Waals surface area contributed by atoms with Gasteiger partial charge < -0.3 is 26.3 Å². The molecule has 0 aliphatic heterocycles. The molecule has 0 heterocycles. The first-order valence-corrected chi connectivity index (χ1v) is 13.2. The maximum atomic E-state index is 12.2. The lowest BCUT2D eigenvalue weighted by molar-refractivity contribution is -0.121. The third-order valence-corrected chi connectivity index (χ3v) is 5.85. The number of carbonyl (C=O) groups is 3. The molecular formula is C27H46N4O4. The number of hydrogen-bond donors (Lipinski definition) is 5. The van der Waals surface area contributed by atoms with Crippen molar-refractivity contribution >= 4 is 17.6 Å². The molecule has 1 atom stereocenters. The van der Waals surface area contributed by atoms with E-state index in [0.717, 1.165) is 69.8 Å². The Bertz CT molecular complexity index is 724. The number of aliphatic hydroxyl groups is 1. The topological polar surface area (TPSA) is 134 Å². The molecule has 0 bridgehead atoms. The van der Waals surface area contributed by atoms with Crippen molar-refractivity contribution in [3.8, 4) is 0 Å². The van der Waals surface area contributed by atoms with E-state index in [-0.39, 0.29) is 17.6 Å². The summed E-state index contributed by atoms with van der Waals surface area (Å²) >= 11 is 0. The predicted octanol–water partition coefficient (Wildman–Crippen LogP) is 3.34. The second-order valence-corrected chi connectivity index (χ2v) is 9.11. The van der Waals surface area contributed by atoms with E-state index in [0.29, 0.717) is 44.6 Å². The first kappa shape index (κ1) is 30.7. The monoisotopic (exact) mass is 490 g/mol. The lowest BCUT2D eigenvalue weighted by atomic mass is 10.1. The highest BCUT2D eigenvalue weighted by molar-refractivity contribution is 5.94. The Kier molecular flexibility index (Phi) is 17.5. The lowest BCUT2D eigenvalue weighted by Crippen LogP contribution is -2.25. The van der Waals surface area contributed by atoms with Crippen molar-refractivity contribution in [2.24, 2.45) is 5.73 Å². The Hall–Kier alpha value is -2.29. The summed E-state index contributed by atoms with van der Waals surface area (Å²) in [6.45, 7) is 4.31. The molecule has 6 N–H and O–H groups in total. The maximum Gasteiger partial charge on any atom is 0.251 e. The quantitative estimate of drug-likeness (QED) is 0.133. The van der Waals surface area contributed by atoms with Gasteiger partial charge in [-0.25, -0.2) is 0 Å². The number of carbonyl (C=O) groups excluding carboxylic acids is 3.